The van der Waals surface area contributed by atoms with E-state index in [0.717, 1.165) is 44.4 Å². The number of hydrogen-bond donors (Lipinski definition) is 2. The monoisotopic (exact) mass is 347 g/mol. The fourth-order valence-corrected chi connectivity index (χ4v) is 2.81. The van der Waals surface area contributed by atoms with E-state index in [0.29, 0.717) is 6.54 Å². The summed E-state index contributed by atoms with van der Waals surface area (Å²) in [5.74, 6) is 1.63. The summed E-state index contributed by atoms with van der Waals surface area (Å²) in [5, 5.41) is 6.05. The number of methoxy groups -OCH3 is 1. The molecule has 0 saturated carbocycles. The van der Waals surface area contributed by atoms with Crippen LogP contribution < -0.4 is 20.3 Å². The molecule has 0 aliphatic carbocycles. The Morgan fingerprint density at radius 1 is 1.16 bits per heavy atom. The first-order valence-electron chi connectivity index (χ1n) is 8.86. The molecule has 2 N–H and O–H groups in total. The van der Waals surface area contributed by atoms with Gasteiger partial charge in [-0.2, -0.15) is 0 Å². The van der Waals surface area contributed by atoms with Crippen molar-refractivity contribution in [1.29, 1.82) is 0 Å². The van der Waals surface area contributed by atoms with Gasteiger partial charge >= 0.3 is 0 Å². The molecular weight excluding hydrogens is 318 g/mol. The number of carbonyl (C=O) groups excluding carboxylic acids is 1. The number of rotatable bonds is 6. The molecule has 1 aromatic rings. The number of nitrogens with one attached hydrogen (secondary N) is 2. The average Bonchev–Trinajstić information content (AvgIpc) is 2.65. The minimum absolute atomic E-state index is 0.0482. The van der Waals surface area contributed by atoms with E-state index in [4.69, 9.17) is 4.74 Å². The van der Waals surface area contributed by atoms with Crippen LogP contribution in [0, 0.1) is 0 Å². The number of ether oxygens (including phenoxy) is 1. The third-order valence-corrected chi connectivity index (χ3v) is 4.08. The van der Waals surface area contributed by atoms with Crippen molar-refractivity contribution in [2.45, 2.75) is 13.8 Å². The van der Waals surface area contributed by atoms with Crippen molar-refractivity contribution in [2.75, 3.05) is 57.8 Å². The average molecular weight is 347 g/mol. The molecule has 1 fully saturated rings. The van der Waals surface area contributed by atoms with Crippen LogP contribution in [0.4, 0.5) is 5.69 Å². The molecule has 1 heterocycles. The van der Waals surface area contributed by atoms with Gasteiger partial charge in [0.1, 0.15) is 12.3 Å². The van der Waals surface area contributed by atoms with Crippen molar-refractivity contribution in [3.05, 3.63) is 24.3 Å². The van der Waals surface area contributed by atoms with E-state index in [1.165, 1.54) is 5.69 Å². The molecular formula is C18H29N5O2. The molecule has 2 rings (SSSR count). The lowest BCUT2D eigenvalue weighted by atomic mass is 10.2. The summed E-state index contributed by atoms with van der Waals surface area (Å²) in [7, 11) is 1.69. The number of hydrogen-bond acceptors (Lipinski definition) is 4. The van der Waals surface area contributed by atoms with Crippen molar-refractivity contribution in [3.63, 3.8) is 0 Å². The highest BCUT2D eigenvalue weighted by molar-refractivity contribution is 5.85. The molecule has 0 aromatic heterocycles. The summed E-state index contributed by atoms with van der Waals surface area (Å²) in [6.45, 7) is 9.04. The van der Waals surface area contributed by atoms with Gasteiger partial charge in [0.15, 0.2) is 5.96 Å². The van der Waals surface area contributed by atoms with Gasteiger partial charge in [-0.25, -0.2) is 4.99 Å². The molecule has 0 bridgehead atoms. The summed E-state index contributed by atoms with van der Waals surface area (Å²) >= 11 is 0. The lowest BCUT2D eigenvalue weighted by Gasteiger charge is -2.37. The molecule has 0 radical (unpaired) electrons. The molecule has 1 aliphatic rings. The van der Waals surface area contributed by atoms with Gasteiger partial charge in [-0.15, -0.1) is 0 Å². The van der Waals surface area contributed by atoms with E-state index in [-0.39, 0.29) is 12.5 Å². The van der Waals surface area contributed by atoms with E-state index >= 15 is 0 Å². The zero-order valence-electron chi connectivity index (χ0n) is 15.4. The second-order valence-electron chi connectivity index (χ2n) is 5.80. The molecule has 0 unspecified atom stereocenters. The van der Waals surface area contributed by atoms with E-state index in [1.807, 2.05) is 26.0 Å². The first-order valence-corrected chi connectivity index (χ1v) is 8.86. The number of guanidine groups is 1. The summed E-state index contributed by atoms with van der Waals surface area (Å²) < 4.78 is 5.31. The molecule has 0 spiro atoms. The zero-order valence-corrected chi connectivity index (χ0v) is 15.4. The number of nitrogens with zero attached hydrogens (tertiary/aromatic N) is 3. The fraction of sp³-hybridized carbons (Fsp3) is 0.556. The molecule has 7 heteroatoms. The lowest BCUT2D eigenvalue weighted by Crippen LogP contribution is -2.52. The largest absolute Gasteiger partial charge is 0.497 e. The number of benzene rings is 1. The van der Waals surface area contributed by atoms with Gasteiger partial charge < -0.3 is 25.2 Å². The van der Waals surface area contributed by atoms with E-state index in [2.05, 4.69) is 37.6 Å². The summed E-state index contributed by atoms with van der Waals surface area (Å²) in [6.07, 6.45) is 0. The molecule has 1 aliphatic heterocycles. The third-order valence-electron chi connectivity index (χ3n) is 4.08. The molecule has 0 atom stereocenters. The third kappa shape index (κ3) is 5.55. The summed E-state index contributed by atoms with van der Waals surface area (Å²) in [4.78, 5) is 20.7. The normalized spacial score (nSPS) is 15.1. The molecule has 1 aromatic carbocycles. The van der Waals surface area contributed by atoms with Gasteiger partial charge in [0.25, 0.3) is 0 Å². The van der Waals surface area contributed by atoms with Gasteiger partial charge in [0.05, 0.1) is 7.11 Å². The quantitative estimate of drug-likeness (QED) is 0.592. The highest BCUT2D eigenvalue weighted by atomic mass is 16.5. The Hall–Kier alpha value is -2.44. The van der Waals surface area contributed by atoms with Gasteiger partial charge in [-0.3, -0.25) is 4.79 Å². The van der Waals surface area contributed by atoms with Crippen LogP contribution in [0.5, 0.6) is 5.75 Å². The van der Waals surface area contributed by atoms with Crippen molar-refractivity contribution in [2.24, 2.45) is 4.99 Å². The van der Waals surface area contributed by atoms with Gasteiger partial charge in [-0.05, 0) is 26.0 Å². The van der Waals surface area contributed by atoms with Gasteiger partial charge in [0.2, 0.25) is 5.91 Å². The Labute approximate surface area is 150 Å². The molecule has 138 valence electrons. The predicted molar refractivity (Wildman–Crippen MR) is 101 cm³/mol. The minimum atomic E-state index is -0.0482. The first-order chi connectivity index (χ1) is 12.2. The van der Waals surface area contributed by atoms with Crippen molar-refractivity contribution in [3.8, 4) is 5.75 Å². The van der Waals surface area contributed by atoms with Crippen LogP contribution >= 0.6 is 0 Å². The van der Waals surface area contributed by atoms with Crippen molar-refractivity contribution in [1.82, 2.24) is 15.5 Å². The van der Waals surface area contributed by atoms with E-state index < -0.39 is 0 Å². The predicted octanol–water partition coefficient (Wildman–Crippen LogP) is 0.919. The topological polar surface area (TPSA) is 69.2 Å². The number of anilines is 1. The number of likely N-dealkylation sites (N-methyl/N-ethyl adjacent to an activating group) is 1. The van der Waals surface area contributed by atoms with E-state index in [9.17, 15) is 4.79 Å². The Balaban J connectivity index is 1.95. The number of aliphatic imine (C=N–C) groups is 1. The van der Waals surface area contributed by atoms with Crippen LogP contribution in [0.2, 0.25) is 0 Å². The van der Waals surface area contributed by atoms with Crippen LogP contribution in [0.3, 0.4) is 0 Å². The van der Waals surface area contributed by atoms with E-state index in [1.54, 1.807) is 7.11 Å². The number of amides is 1. The Morgan fingerprint density at radius 2 is 1.88 bits per heavy atom. The van der Waals surface area contributed by atoms with Gasteiger partial charge in [0, 0.05) is 51.0 Å². The Kier molecular flexibility index (Phi) is 7.37. The maximum absolute atomic E-state index is 11.6. The lowest BCUT2D eigenvalue weighted by molar-refractivity contribution is -0.119. The highest BCUT2D eigenvalue weighted by Gasteiger charge is 2.20. The second kappa shape index (κ2) is 9.76. The van der Waals surface area contributed by atoms with Crippen LogP contribution in [-0.4, -0.2) is 69.7 Å². The minimum Gasteiger partial charge on any atom is -0.497 e. The SMILES string of the molecule is CCNC(=O)CN=C(NCC)N1CCN(c2cccc(OC)c2)CC1. The maximum Gasteiger partial charge on any atom is 0.241 e. The number of piperazine rings is 1. The van der Waals surface area contributed by atoms with Crippen LogP contribution in [0.1, 0.15) is 13.8 Å². The molecule has 7 nitrogen and oxygen atoms in total. The maximum atomic E-state index is 11.6. The smallest absolute Gasteiger partial charge is 0.241 e. The zero-order chi connectivity index (χ0) is 18.1. The summed E-state index contributed by atoms with van der Waals surface area (Å²) in [5.41, 5.74) is 1.17. The van der Waals surface area contributed by atoms with Crippen molar-refractivity contribution >= 4 is 17.6 Å². The summed E-state index contributed by atoms with van der Waals surface area (Å²) in [6, 6.07) is 8.13. The van der Waals surface area contributed by atoms with Crippen LogP contribution in [0.15, 0.2) is 29.3 Å². The van der Waals surface area contributed by atoms with Crippen LogP contribution in [0.25, 0.3) is 0 Å². The molecule has 1 amide bonds. The molecule has 1 saturated heterocycles. The Morgan fingerprint density at radius 3 is 2.52 bits per heavy atom. The van der Waals surface area contributed by atoms with Crippen LogP contribution in [-0.2, 0) is 4.79 Å². The fourth-order valence-electron chi connectivity index (χ4n) is 2.81. The number of carbonyl (C=O) groups is 1. The molecule has 25 heavy (non-hydrogen) atoms. The first kappa shape index (κ1) is 18.9. The van der Waals surface area contributed by atoms with Crippen molar-refractivity contribution < 1.29 is 9.53 Å². The Bertz CT molecular complexity index is 583. The van der Waals surface area contributed by atoms with Gasteiger partial charge in [-0.1, -0.05) is 6.07 Å². The second-order valence-corrected chi connectivity index (χ2v) is 5.80. The standard InChI is InChI=1S/C18H29N5O2/c1-4-19-17(24)14-21-18(20-5-2)23-11-9-22(10-12-23)15-7-6-8-16(13-15)25-3/h6-8,13H,4-5,9-12,14H2,1-3H3,(H,19,24)(H,20,21). The highest BCUT2D eigenvalue weighted by Crippen LogP contribution is 2.22.